The van der Waals surface area contributed by atoms with E-state index in [2.05, 4.69) is 20.4 Å². The number of hydrogen-bond acceptors (Lipinski definition) is 5. The zero-order valence-corrected chi connectivity index (χ0v) is 17.1. The molecule has 1 saturated carbocycles. The third-order valence-corrected chi connectivity index (χ3v) is 5.71. The lowest BCUT2D eigenvalue weighted by molar-refractivity contribution is 0.113. The molecule has 162 valence electrons. The van der Waals surface area contributed by atoms with E-state index in [-0.39, 0.29) is 18.0 Å². The fourth-order valence-electron chi connectivity index (χ4n) is 4.04. The predicted octanol–water partition coefficient (Wildman–Crippen LogP) is 4.06. The van der Waals surface area contributed by atoms with Crippen molar-refractivity contribution in [2.45, 2.75) is 44.8 Å². The first-order valence-corrected chi connectivity index (χ1v) is 10.3. The second-order valence-electron chi connectivity index (χ2n) is 7.74. The van der Waals surface area contributed by atoms with E-state index in [0.717, 1.165) is 25.7 Å². The van der Waals surface area contributed by atoms with Crippen LogP contribution in [-0.4, -0.2) is 43.1 Å². The molecule has 0 unspecified atom stereocenters. The number of carbonyl (C=O) groups is 1. The smallest absolute Gasteiger partial charge is 0.404 e. The Labute approximate surface area is 179 Å². The summed E-state index contributed by atoms with van der Waals surface area (Å²) in [6, 6.07) is 6.42. The number of hydrogen-bond donors (Lipinski definition) is 2. The predicted molar refractivity (Wildman–Crippen MR) is 112 cm³/mol. The van der Waals surface area contributed by atoms with Crippen molar-refractivity contribution < 1.29 is 19.0 Å². The number of halogens is 1. The number of rotatable bonds is 6. The van der Waals surface area contributed by atoms with Crippen LogP contribution in [-0.2, 0) is 0 Å². The normalized spacial score (nSPS) is 19.5. The lowest BCUT2D eigenvalue weighted by atomic mass is 9.83. The van der Waals surface area contributed by atoms with Gasteiger partial charge in [-0.15, -0.1) is 0 Å². The zero-order valence-electron chi connectivity index (χ0n) is 17.1. The van der Waals surface area contributed by atoms with Gasteiger partial charge in [0.05, 0.1) is 18.5 Å². The number of aromatic nitrogens is 4. The second-order valence-corrected chi connectivity index (χ2v) is 7.74. The van der Waals surface area contributed by atoms with Gasteiger partial charge in [0.2, 0.25) is 0 Å². The Morgan fingerprint density at radius 1 is 1.26 bits per heavy atom. The second kappa shape index (κ2) is 9.11. The van der Waals surface area contributed by atoms with Crippen molar-refractivity contribution in [2.75, 3.05) is 0 Å². The van der Waals surface area contributed by atoms with E-state index in [1.807, 2.05) is 6.92 Å². The molecule has 1 atom stereocenters. The molecule has 9 heteroatoms. The van der Waals surface area contributed by atoms with E-state index in [9.17, 15) is 9.18 Å². The highest BCUT2D eigenvalue weighted by atomic mass is 19.1. The average molecular weight is 425 g/mol. The summed E-state index contributed by atoms with van der Waals surface area (Å²) in [6.07, 6.45) is 8.66. The van der Waals surface area contributed by atoms with E-state index in [1.54, 1.807) is 36.8 Å². The summed E-state index contributed by atoms with van der Waals surface area (Å²) < 4.78 is 21.8. The van der Waals surface area contributed by atoms with Crippen LogP contribution >= 0.6 is 0 Å². The van der Waals surface area contributed by atoms with Crippen molar-refractivity contribution >= 4 is 6.09 Å². The van der Waals surface area contributed by atoms with Crippen molar-refractivity contribution in [1.29, 1.82) is 0 Å². The maximum atomic E-state index is 14.1. The fourth-order valence-corrected chi connectivity index (χ4v) is 4.04. The van der Waals surface area contributed by atoms with Gasteiger partial charge in [-0.2, -0.15) is 5.10 Å². The van der Waals surface area contributed by atoms with Crippen molar-refractivity contribution in [3.05, 3.63) is 55.0 Å². The van der Waals surface area contributed by atoms with E-state index in [4.69, 9.17) is 9.84 Å². The number of nitrogens with zero attached hydrogens (tertiary/aromatic N) is 4. The van der Waals surface area contributed by atoms with Crippen LogP contribution < -0.4 is 10.1 Å². The maximum absolute atomic E-state index is 14.1. The molecule has 1 aromatic carbocycles. The Morgan fingerprint density at radius 3 is 2.77 bits per heavy atom. The Morgan fingerprint density at radius 2 is 2.03 bits per heavy atom. The Kier molecular flexibility index (Phi) is 6.11. The molecule has 1 aliphatic carbocycles. The topological polar surface area (TPSA) is 102 Å². The van der Waals surface area contributed by atoms with E-state index in [0.29, 0.717) is 28.6 Å². The van der Waals surface area contributed by atoms with Crippen LogP contribution in [0, 0.1) is 11.7 Å². The van der Waals surface area contributed by atoms with Gasteiger partial charge in [-0.3, -0.25) is 0 Å². The highest BCUT2D eigenvalue weighted by Gasteiger charge is 2.28. The minimum absolute atomic E-state index is 0.000732. The first-order chi connectivity index (χ1) is 15.0. The van der Waals surface area contributed by atoms with Gasteiger partial charge in [0.15, 0.2) is 5.75 Å². The molecule has 3 aromatic rings. The minimum atomic E-state index is -0.977. The third kappa shape index (κ3) is 4.82. The van der Waals surface area contributed by atoms with Crippen LogP contribution in [0.4, 0.5) is 9.18 Å². The number of para-hydroxylation sites is 1. The molecule has 31 heavy (non-hydrogen) atoms. The molecule has 4 rings (SSSR count). The van der Waals surface area contributed by atoms with Crippen molar-refractivity contribution in [3.63, 3.8) is 0 Å². The number of benzene rings is 1. The van der Waals surface area contributed by atoms with Gasteiger partial charge < -0.3 is 15.2 Å². The number of nitrogens with one attached hydrogen (secondary N) is 1. The van der Waals surface area contributed by atoms with Crippen molar-refractivity contribution in [2.24, 2.45) is 5.92 Å². The zero-order chi connectivity index (χ0) is 21.8. The lowest BCUT2D eigenvalue weighted by Gasteiger charge is -2.32. The molecular formula is C22H24FN5O3. The number of amides is 1. The van der Waals surface area contributed by atoms with Crippen LogP contribution in [0.25, 0.3) is 16.9 Å². The van der Waals surface area contributed by atoms with Gasteiger partial charge in [-0.25, -0.2) is 23.8 Å². The summed E-state index contributed by atoms with van der Waals surface area (Å²) in [5.41, 5.74) is 1.64. The summed E-state index contributed by atoms with van der Waals surface area (Å²) in [6.45, 7) is 2.01. The molecule has 1 fully saturated rings. The largest absolute Gasteiger partial charge is 0.487 e. The summed E-state index contributed by atoms with van der Waals surface area (Å²) in [5, 5.41) is 15.7. The SMILES string of the molecule is C[C@@H](Oc1cncnc1-c1cnn(-c2ccccc2F)c1)C1CCC(NC(=O)O)CC1. The van der Waals surface area contributed by atoms with Gasteiger partial charge in [0.25, 0.3) is 0 Å². The average Bonchev–Trinajstić information content (AvgIpc) is 3.24. The van der Waals surface area contributed by atoms with Crippen molar-refractivity contribution in [3.8, 4) is 22.7 Å². The molecule has 2 aromatic heterocycles. The number of carboxylic acid groups (broad SMARTS) is 1. The monoisotopic (exact) mass is 425 g/mol. The van der Waals surface area contributed by atoms with Gasteiger partial charge in [-0.1, -0.05) is 12.1 Å². The molecule has 0 aliphatic heterocycles. The van der Waals surface area contributed by atoms with E-state index >= 15 is 0 Å². The Bertz CT molecular complexity index is 1050. The van der Waals surface area contributed by atoms with Crippen LogP contribution in [0.5, 0.6) is 5.75 Å². The standard InChI is InChI=1S/C22H24FN5O3/c1-14(15-6-8-17(9-7-15)27-22(29)30)31-20-11-24-13-25-21(20)16-10-26-28(12-16)19-5-3-2-4-18(19)23/h2-5,10-15,17,27H,6-9H2,1H3,(H,29,30)/t14-,15?,17?/m1/s1. The highest BCUT2D eigenvalue weighted by Crippen LogP contribution is 2.33. The molecule has 0 radical (unpaired) electrons. The van der Waals surface area contributed by atoms with Crippen LogP contribution in [0.15, 0.2) is 49.2 Å². The van der Waals surface area contributed by atoms with Crippen LogP contribution in [0.1, 0.15) is 32.6 Å². The maximum Gasteiger partial charge on any atom is 0.404 e. The quantitative estimate of drug-likeness (QED) is 0.617. The summed E-state index contributed by atoms with van der Waals surface area (Å²) in [5.74, 6) is 0.479. The van der Waals surface area contributed by atoms with Gasteiger partial charge in [-0.05, 0) is 50.7 Å². The first kappa shape index (κ1) is 20.8. The molecule has 2 heterocycles. The molecule has 1 amide bonds. The molecule has 8 nitrogen and oxygen atoms in total. The fraction of sp³-hybridized carbons (Fsp3) is 0.364. The van der Waals surface area contributed by atoms with Crippen molar-refractivity contribution in [1.82, 2.24) is 25.1 Å². The highest BCUT2D eigenvalue weighted by molar-refractivity contribution is 5.65. The molecule has 1 aliphatic rings. The first-order valence-electron chi connectivity index (χ1n) is 10.3. The molecule has 0 bridgehead atoms. The van der Waals surface area contributed by atoms with Crippen LogP contribution in [0.3, 0.4) is 0 Å². The summed E-state index contributed by atoms with van der Waals surface area (Å²) in [4.78, 5) is 19.3. The summed E-state index contributed by atoms with van der Waals surface area (Å²) >= 11 is 0. The summed E-state index contributed by atoms with van der Waals surface area (Å²) in [7, 11) is 0. The molecule has 0 saturated heterocycles. The minimum Gasteiger partial charge on any atom is -0.487 e. The molecular weight excluding hydrogens is 401 g/mol. The van der Waals surface area contributed by atoms with E-state index in [1.165, 1.54) is 17.1 Å². The van der Waals surface area contributed by atoms with Gasteiger partial charge in [0.1, 0.15) is 23.5 Å². The van der Waals surface area contributed by atoms with Gasteiger partial charge in [0, 0.05) is 17.8 Å². The van der Waals surface area contributed by atoms with E-state index < -0.39 is 6.09 Å². The van der Waals surface area contributed by atoms with Gasteiger partial charge >= 0.3 is 6.09 Å². The lowest BCUT2D eigenvalue weighted by Crippen LogP contribution is -2.39. The molecule has 2 N–H and O–H groups in total. The number of ether oxygens (including phenoxy) is 1. The Hall–Kier alpha value is -3.49. The molecule has 0 spiro atoms. The van der Waals surface area contributed by atoms with Crippen LogP contribution in [0.2, 0.25) is 0 Å². The Balaban J connectivity index is 1.47. The third-order valence-electron chi connectivity index (χ3n) is 5.71.